The number of hydrogen-bond acceptors (Lipinski definition) is 8. The number of carbonyl (C=O) groups is 2. The molecule has 2 aromatic rings. The first-order valence-electron chi connectivity index (χ1n) is 11.2. The monoisotopic (exact) mass is 475 g/mol. The summed E-state index contributed by atoms with van der Waals surface area (Å²) in [6, 6.07) is 10.1. The van der Waals surface area contributed by atoms with Crippen LogP contribution in [0.2, 0.25) is 0 Å². The standard InChI is InChI=1S/C24H33N3O5S/c1-6-30-21(28)19-20(33-22(25-19)26(5)23(29)32-24(2,3)4)27-14-12-18(13-15-27)31-16-17-10-8-7-9-11-17/h7-11,18H,6,12-16H2,1-5H3. The van der Waals surface area contributed by atoms with E-state index in [9.17, 15) is 9.59 Å². The van der Waals surface area contributed by atoms with Gasteiger partial charge in [-0.3, -0.25) is 4.90 Å². The van der Waals surface area contributed by atoms with Crippen LogP contribution in [0.1, 0.15) is 56.6 Å². The van der Waals surface area contributed by atoms with Gasteiger partial charge in [0.15, 0.2) is 10.8 Å². The Morgan fingerprint density at radius 3 is 2.45 bits per heavy atom. The number of rotatable bonds is 7. The summed E-state index contributed by atoms with van der Waals surface area (Å²) in [7, 11) is 1.59. The fourth-order valence-corrected chi connectivity index (χ4v) is 4.47. The number of nitrogens with zero attached hydrogens (tertiary/aromatic N) is 3. The van der Waals surface area contributed by atoms with E-state index in [1.807, 2.05) is 18.2 Å². The molecule has 0 aliphatic carbocycles. The molecule has 8 nitrogen and oxygen atoms in total. The SMILES string of the molecule is CCOC(=O)c1nc(N(C)C(=O)OC(C)(C)C)sc1N1CCC(OCc2ccccc2)CC1. The topological polar surface area (TPSA) is 81.2 Å². The minimum atomic E-state index is -0.628. The Kier molecular flexibility index (Phi) is 8.31. The van der Waals surface area contributed by atoms with E-state index >= 15 is 0 Å². The van der Waals surface area contributed by atoms with Gasteiger partial charge in [0, 0.05) is 20.1 Å². The Bertz CT molecular complexity index is 933. The second-order valence-electron chi connectivity index (χ2n) is 8.89. The molecule has 0 N–H and O–H groups in total. The minimum Gasteiger partial charge on any atom is -0.461 e. The van der Waals surface area contributed by atoms with Crippen molar-refractivity contribution in [3.63, 3.8) is 0 Å². The van der Waals surface area contributed by atoms with Crippen molar-refractivity contribution in [3.05, 3.63) is 41.6 Å². The molecule has 180 valence electrons. The summed E-state index contributed by atoms with van der Waals surface area (Å²) in [6.07, 6.45) is 1.31. The number of piperidine rings is 1. The number of ether oxygens (including phenoxy) is 3. The van der Waals surface area contributed by atoms with Gasteiger partial charge in [-0.2, -0.15) is 0 Å². The fraction of sp³-hybridized carbons (Fsp3) is 0.542. The van der Waals surface area contributed by atoms with Gasteiger partial charge in [0.2, 0.25) is 0 Å². The number of hydrogen-bond donors (Lipinski definition) is 0. The molecule has 1 aliphatic rings. The van der Waals surface area contributed by atoms with E-state index in [0.717, 1.165) is 31.5 Å². The van der Waals surface area contributed by atoms with Crippen LogP contribution in [0, 0.1) is 0 Å². The summed E-state index contributed by atoms with van der Waals surface area (Å²) in [5.74, 6) is -0.491. The van der Waals surface area contributed by atoms with Crippen LogP contribution in [0.4, 0.5) is 14.9 Å². The first-order valence-corrected chi connectivity index (χ1v) is 12.0. The van der Waals surface area contributed by atoms with Crippen molar-refractivity contribution in [1.29, 1.82) is 0 Å². The van der Waals surface area contributed by atoms with Crippen LogP contribution in [0.25, 0.3) is 0 Å². The summed E-state index contributed by atoms with van der Waals surface area (Å²) in [5.41, 5.74) is 0.759. The van der Waals surface area contributed by atoms with Gasteiger partial charge in [-0.05, 0) is 46.1 Å². The molecule has 0 saturated carbocycles. The number of aromatic nitrogens is 1. The Balaban J connectivity index is 1.69. The summed E-state index contributed by atoms with van der Waals surface area (Å²) in [5, 5.41) is 1.10. The Morgan fingerprint density at radius 2 is 1.85 bits per heavy atom. The van der Waals surface area contributed by atoms with Crippen LogP contribution in [0.15, 0.2) is 30.3 Å². The maximum absolute atomic E-state index is 12.6. The number of anilines is 2. The number of thiazole rings is 1. The quantitative estimate of drug-likeness (QED) is 0.528. The highest BCUT2D eigenvalue weighted by Crippen LogP contribution is 2.36. The zero-order valence-electron chi connectivity index (χ0n) is 20.0. The van der Waals surface area contributed by atoms with Crippen molar-refractivity contribution in [3.8, 4) is 0 Å². The van der Waals surface area contributed by atoms with E-state index in [0.29, 0.717) is 16.7 Å². The second kappa shape index (κ2) is 11.0. The van der Waals surface area contributed by atoms with Gasteiger partial charge in [-0.25, -0.2) is 14.6 Å². The lowest BCUT2D eigenvalue weighted by atomic mass is 10.1. The Hall–Kier alpha value is -2.65. The third-order valence-corrected chi connectivity index (χ3v) is 6.27. The number of amides is 1. The van der Waals surface area contributed by atoms with E-state index < -0.39 is 17.7 Å². The van der Waals surface area contributed by atoms with Crippen molar-refractivity contribution in [1.82, 2.24) is 4.98 Å². The first kappa shape index (κ1) is 25.0. The smallest absolute Gasteiger partial charge is 0.416 e. The molecule has 0 spiro atoms. The van der Waals surface area contributed by atoms with E-state index in [-0.39, 0.29) is 18.4 Å². The van der Waals surface area contributed by atoms with E-state index in [2.05, 4.69) is 22.0 Å². The maximum atomic E-state index is 12.6. The summed E-state index contributed by atoms with van der Waals surface area (Å²) in [6.45, 7) is 9.47. The van der Waals surface area contributed by atoms with Gasteiger partial charge in [-0.1, -0.05) is 41.7 Å². The zero-order chi connectivity index (χ0) is 24.0. The normalized spacial score (nSPS) is 14.8. The minimum absolute atomic E-state index is 0.157. The maximum Gasteiger partial charge on any atom is 0.416 e. The molecule has 0 bridgehead atoms. The number of esters is 1. The predicted octanol–water partition coefficient (Wildman–Crippen LogP) is 4.88. The summed E-state index contributed by atoms with van der Waals surface area (Å²) in [4.78, 5) is 33.0. The van der Waals surface area contributed by atoms with Gasteiger partial charge < -0.3 is 19.1 Å². The van der Waals surface area contributed by atoms with Crippen molar-refractivity contribution in [2.75, 3.05) is 36.5 Å². The van der Waals surface area contributed by atoms with Gasteiger partial charge in [-0.15, -0.1) is 0 Å². The summed E-state index contributed by atoms with van der Waals surface area (Å²) >= 11 is 1.29. The van der Waals surface area contributed by atoms with Crippen molar-refractivity contribution < 1.29 is 23.8 Å². The van der Waals surface area contributed by atoms with Crippen LogP contribution in [-0.2, 0) is 20.8 Å². The van der Waals surface area contributed by atoms with Gasteiger partial charge in [0.25, 0.3) is 0 Å². The molecule has 0 radical (unpaired) electrons. The van der Waals surface area contributed by atoms with Crippen molar-refractivity contribution in [2.24, 2.45) is 0 Å². The molecular formula is C24H33N3O5S. The van der Waals surface area contributed by atoms with Crippen LogP contribution in [0.3, 0.4) is 0 Å². The van der Waals surface area contributed by atoms with Crippen molar-refractivity contribution in [2.45, 2.75) is 58.8 Å². The molecule has 1 aromatic carbocycles. The largest absolute Gasteiger partial charge is 0.461 e. The highest BCUT2D eigenvalue weighted by Gasteiger charge is 2.30. The number of benzene rings is 1. The summed E-state index contributed by atoms with van der Waals surface area (Å²) < 4.78 is 16.8. The second-order valence-corrected chi connectivity index (χ2v) is 9.85. The first-order chi connectivity index (χ1) is 15.7. The highest BCUT2D eigenvalue weighted by atomic mass is 32.1. The lowest BCUT2D eigenvalue weighted by molar-refractivity contribution is 0.0251. The highest BCUT2D eigenvalue weighted by molar-refractivity contribution is 7.20. The fourth-order valence-electron chi connectivity index (χ4n) is 3.41. The van der Waals surface area contributed by atoms with E-state index in [4.69, 9.17) is 14.2 Å². The average Bonchev–Trinajstić information content (AvgIpc) is 3.23. The molecule has 1 saturated heterocycles. The molecule has 1 amide bonds. The predicted molar refractivity (Wildman–Crippen MR) is 129 cm³/mol. The molecule has 1 aromatic heterocycles. The van der Waals surface area contributed by atoms with Crippen LogP contribution in [0.5, 0.6) is 0 Å². The third-order valence-electron chi connectivity index (χ3n) is 5.08. The lowest BCUT2D eigenvalue weighted by Gasteiger charge is -2.32. The van der Waals surface area contributed by atoms with Crippen molar-refractivity contribution >= 4 is 33.5 Å². The zero-order valence-corrected chi connectivity index (χ0v) is 20.8. The molecule has 33 heavy (non-hydrogen) atoms. The van der Waals surface area contributed by atoms with E-state index in [1.54, 1.807) is 34.7 Å². The van der Waals surface area contributed by atoms with Crippen LogP contribution in [-0.4, -0.2) is 55.5 Å². The molecular weight excluding hydrogens is 442 g/mol. The molecule has 0 atom stereocenters. The van der Waals surface area contributed by atoms with Gasteiger partial charge in [0.1, 0.15) is 10.6 Å². The average molecular weight is 476 g/mol. The van der Waals surface area contributed by atoms with Gasteiger partial charge in [0.05, 0.1) is 19.3 Å². The molecule has 1 fully saturated rings. The van der Waals surface area contributed by atoms with Crippen LogP contribution >= 0.6 is 11.3 Å². The molecule has 2 heterocycles. The number of carbonyl (C=O) groups excluding carboxylic acids is 2. The molecule has 0 unspecified atom stereocenters. The molecule has 1 aliphatic heterocycles. The van der Waals surface area contributed by atoms with E-state index in [1.165, 1.54) is 16.2 Å². The lowest BCUT2D eigenvalue weighted by Crippen LogP contribution is -2.37. The third kappa shape index (κ3) is 6.91. The molecule has 9 heteroatoms. The van der Waals surface area contributed by atoms with Gasteiger partial charge >= 0.3 is 12.1 Å². The Morgan fingerprint density at radius 1 is 1.18 bits per heavy atom. The van der Waals surface area contributed by atoms with Crippen LogP contribution < -0.4 is 9.80 Å². The molecule has 3 rings (SSSR count). The Labute approximate surface area is 199 Å².